The highest BCUT2D eigenvalue weighted by molar-refractivity contribution is 7.98. The van der Waals surface area contributed by atoms with E-state index in [0.717, 1.165) is 5.75 Å². The van der Waals surface area contributed by atoms with Crippen molar-refractivity contribution < 1.29 is 19.4 Å². The molecule has 0 aromatic heterocycles. The number of hydrogen-bond donors (Lipinski definition) is 3. The minimum atomic E-state index is -0.938. The first kappa shape index (κ1) is 13.1. The van der Waals surface area contributed by atoms with Crippen molar-refractivity contribution in [3.8, 4) is 0 Å². The van der Waals surface area contributed by atoms with Gasteiger partial charge in [0.2, 0.25) is 0 Å². The molecule has 0 spiro atoms. The lowest BCUT2D eigenvalue weighted by atomic mass is 10.0. The Hall–Kier alpha value is -0.950. The largest absolute Gasteiger partial charge is 0.481 e. The van der Waals surface area contributed by atoms with Crippen molar-refractivity contribution in [2.75, 3.05) is 31.8 Å². The van der Waals surface area contributed by atoms with Crippen molar-refractivity contribution in [2.24, 2.45) is 5.92 Å². The molecular formula is C9H16N2O4S. The number of amides is 2. The van der Waals surface area contributed by atoms with E-state index in [1.165, 1.54) is 0 Å². The van der Waals surface area contributed by atoms with Gasteiger partial charge in [-0.1, -0.05) is 0 Å². The molecule has 6 nitrogen and oxygen atoms in total. The number of carbonyl (C=O) groups is 2. The Labute approximate surface area is 98.1 Å². The molecule has 1 saturated heterocycles. The Morgan fingerprint density at radius 2 is 2.25 bits per heavy atom. The summed E-state index contributed by atoms with van der Waals surface area (Å²) < 4.78 is 5.03. The molecular weight excluding hydrogens is 232 g/mol. The SMILES string of the molecule is CSCCNC(=O)NC1COCC1C(=O)O. The van der Waals surface area contributed by atoms with Crippen LogP contribution in [0.2, 0.25) is 0 Å². The molecule has 0 aliphatic carbocycles. The van der Waals surface area contributed by atoms with Gasteiger partial charge in [0.25, 0.3) is 0 Å². The third kappa shape index (κ3) is 3.90. The van der Waals surface area contributed by atoms with Crippen molar-refractivity contribution >= 4 is 23.8 Å². The fourth-order valence-electron chi connectivity index (χ4n) is 1.43. The third-order valence-corrected chi connectivity index (χ3v) is 2.92. The molecule has 1 aliphatic rings. The van der Waals surface area contributed by atoms with Crippen LogP contribution in [0.3, 0.4) is 0 Å². The summed E-state index contributed by atoms with van der Waals surface area (Å²) in [5.74, 6) is -0.755. The summed E-state index contributed by atoms with van der Waals surface area (Å²) in [6.07, 6.45) is 1.95. The van der Waals surface area contributed by atoms with Crippen molar-refractivity contribution in [3.63, 3.8) is 0 Å². The topological polar surface area (TPSA) is 87.7 Å². The number of hydrogen-bond acceptors (Lipinski definition) is 4. The molecule has 92 valence electrons. The van der Waals surface area contributed by atoms with Crippen LogP contribution in [0.25, 0.3) is 0 Å². The van der Waals surface area contributed by atoms with Crippen molar-refractivity contribution in [1.29, 1.82) is 0 Å². The van der Waals surface area contributed by atoms with Gasteiger partial charge in [0.1, 0.15) is 5.92 Å². The fourth-order valence-corrected chi connectivity index (χ4v) is 1.73. The average molecular weight is 248 g/mol. The number of urea groups is 1. The number of carbonyl (C=O) groups excluding carboxylic acids is 1. The van der Waals surface area contributed by atoms with E-state index >= 15 is 0 Å². The molecule has 0 aromatic carbocycles. The van der Waals surface area contributed by atoms with E-state index < -0.39 is 17.9 Å². The van der Waals surface area contributed by atoms with Crippen LogP contribution in [0, 0.1) is 5.92 Å². The number of carboxylic acids is 1. The zero-order valence-corrected chi connectivity index (χ0v) is 9.88. The number of rotatable bonds is 5. The summed E-state index contributed by atoms with van der Waals surface area (Å²) in [7, 11) is 0. The maximum atomic E-state index is 11.4. The minimum absolute atomic E-state index is 0.158. The molecule has 2 unspecified atom stereocenters. The smallest absolute Gasteiger partial charge is 0.315 e. The van der Waals surface area contributed by atoms with Crippen LogP contribution in [0.4, 0.5) is 4.79 Å². The van der Waals surface area contributed by atoms with Gasteiger partial charge in [-0.25, -0.2) is 4.79 Å². The lowest BCUT2D eigenvalue weighted by Gasteiger charge is -2.15. The van der Waals surface area contributed by atoms with Crippen LogP contribution in [0.5, 0.6) is 0 Å². The summed E-state index contributed by atoms with van der Waals surface area (Å²) in [4.78, 5) is 22.2. The van der Waals surface area contributed by atoms with Gasteiger partial charge in [0.15, 0.2) is 0 Å². The van der Waals surface area contributed by atoms with Gasteiger partial charge in [-0.3, -0.25) is 4.79 Å². The molecule has 1 rings (SSSR count). The Kier molecular flexibility index (Phi) is 5.41. The molecule has 7 heteroatoms. The Morgan fingerprint density at radius 3 is 2.88 bits per heavy atom. The predicted molar refractivity (Wildman–Crippen MR) is 60.6 cm³/mol. The first-order valence-corrected chi connectivity index (χ1v) is 6.38. The number of aliphatic carboxylic acids is 1. The van der Waals surface area contributed by atoms with Crippen LogP contribution < -0.4 is 10.6 Å². The molecule has 0 radical (unpaired) electrons. The van der Waals surface area contributed by atoms with Gasteiger partial charge in [-0.05, 0) is 6.26 Å². The molecule has 16 heavy (non-hydrogen) atoms. The second-order valence-electron chi connectivity index (χ2n) is 3.48. The van der Waals surface area contributed by atoms with E-state index in [2.05, 4.69) is 10.6 Å². The molecule has 0 saturated carbocycles. The van der Waals surface area contributed by atoms with Gasteiger partial charge in [-0.15, -0.1) is 0 Å². The van der Waals surface area contributed by atoms with Gasteiger partial charge in [-0.2, -0.15) is 11.8 Å². The summed E-state index contributed by atoms with van der Waals surface area (Å²) in [5.41, 5.74) is 0. The molecule has 2 amide bonds. The first-order valence-electron chi connectivity index (χ1n) is 4.99. The van der Waals surface area contributed by atoms with Gasteiger partial charge < -0.3 is 20.5 Å². The zero-order chi connectivity index (χ0) is 12.0. The summed E-state index contributed by atoms with van der Waals surface area (Å²) in [6, 6.07) is -0.775. The Morgan fingerprint density at radius 1 is 1.50 bits per heavy atom. The standard InChI is InChI=1S/C9H16N2O4S/c1-16-3-2-10-9(14)11-7-5-15-4-6(7)8(12)13/h6-7H,2-5H2,1H3,(H,12,13)(H2,10,11,14). The fraction of sp³-hybridized carbons (Fsp3) is 0.778. The van der Waals surface area contributed by atoms with E-state index in [1.54, 1.807) is 11.8 Å². The molecule has 1 fully saturated rings. The van der Waals surface area contributed by atoms with E-state index in [0.29, 0.717) is 6.54 Å². The number of thioether (sulfide) groups is 1. The highest BCUT2D eigenvalue weighted by atomic mass is 32.2. The van der Waals surface area contributed by atoms with Crippen molar-refractivity contribution in [3.05, 3.63) is 0 Å². The summed E-state index contributed by atoms with van der Waals surface area (Å²) in [6.45, 7) is 0.982. The van der Waals surface area contributed by atoms with E-state index in [1.807, 2.05) is 6.26 Å². The van der Waals surface area contributed by atoms with Gasteiger partial charge in [0.05, 0.1) is 19.3 Å². The molecule has 0 bridgehead atoms. The van der Waals surface area contributed by atoms with Crippen LogP contribution in [-0.2, 0) is 9.53 Å². The Bertz CT molecular complexity index is 262. The monoisotopic (exact) mass is 248 g/mol. The van der Waals surface area contributed by atoms with Gasteiger partial charge in [0, 0.05) is 12.3 Å². The normalized spacial score (nSPS) is 24.1. The first-order chi connectivity index (χ1) is 7.65. The Balaban J connectivity index is 2.30. The predicted octanol–water partition coefficient (Wildman–Crippen LogP) is -0.252. The molecule has 1 heterocycles. The molecule has 3 N–H and O–H groups in total. The van der Waals surface area contributed by atoms with Crippen LogP contribution in [-0.4, -0.2) is 54.9 Å². The number of carboxylic acid groups (broad SMARTS) is 1. The third-order valence-electron chi connectivity index (χ3n) is 2.31. The number of ether oxygens (including phenoxy) is 1. The van der Waals surface area contributed by atoms with Crippen LogP contribution in [0.15, 0.2) is 0 Å². The van der Waals surface area contributed by atoms with Crippen LogP contribution >= 0.6 is 11.8 Å². The second kappa shape index (κ2) is 6.59. The average Bonchev–Trinajstić information content (AvgIpc) is 2.66. The minimum Gasteiger partial charge on any atom is -0.481 e. The zero-order valence-electron chi connectivity index (χ0n) is 9.06. The highest BCUT2D eigenvalue weighted by Gasteiger charge is 2.34. The number of nitrogens with one attached hydrogen (secondary N) is 2. The highest BCUT2D eigenvalue weighted by Crippen LogP contribution is 2.13. The maximum absolute atomic E-state index is 11.4. The van der Waals surface area contributed by atoms with Crippen LogP contribution in [0.1, 0.15) is 0 Å². The summed E-state index contributed by atoms with van der Waals surface area (Å²) >= 11 is 1.63. The maximum Gasteiger partial charge on any atom is 0.315 e. The van der Waals surface area contributed by atoms with Crippen molar-refractivity contribution in [1.82, 2.24) is 10.6 Å². The molecule has 0 aromatic rings. The second-order valence-corrected chi connectivity index (χ2v) is 4.47. The van der Waals surface area contributed by atoms with E-state index in [9.17, 15) is 9.59 Å². The molecule has 1 aliphatic heterocycles. The van der Waals surface area contributed by atoms with E-state index in [-0.39, 0.29) is 19.2 Å². The lowest BCUT2D eigenvalue weighted by molar-refractivity contribution is -0.142. The van der Waals surface area contributed by atoms with Crippen molar-refractivity contribution in [2.45, 2.75) is 6.04 Å². The quantitative estimate of drug-likeness (QED) is 0.584. The summed E-state index contributed by atoms with van der Waals surface area (Å²) in [5, 5.41) is 14.1. The lowest BCUT2D eigenvalue weighted by Crippen LogP contribution is -2.47. The molecule has 2 atom stereocenters. The van der Waals surface area contributed by atoms with E-state index in [4.69, 9.17) is 9.84 Å². The van der Waals surface area contributed by atoms with Gasteiger partial charge >= 0.3 is 12.0 Å².